The Morgan fingerprint density at radius 1 is 1.14 bits per heavy atom. The quantitative estimate of drug-likeness (QED) is 0.820. The fourth-order valence-electron chi connectivity index (χ4n) is 3.96. The van der Waals surface area contributed by atoms with E-state index in [0.717, 1.165) is 24.2 Å². The smallest absolute Gasteiger partial charge is 0.223 e. The molecule has 3 aliphatic heterocycles. The second-order valence-electron chi connectivity index (χ2n) is 6.39. The summed E-state index contributed by atoms with van der Waals surface area (Å²) in [5.41, 5.74) is 1.10. The number of ether oxygens (including phenoxy) is 1. The number of benzene rings is 1. The molecule has 1 amide bonds. The van der Waals surface area contributed by atoms with Crippen molar-refractivity contribution >= 4 is 11.7 Å². The molecule has 1 aromatic carbocycles. The molecule has 22 heavy (non-hydrogen) atoms. The summed E-state index contributed by atoms with van der Waals surface area (Å²) in [6, 6.07) is 7.70. The first-order chi connectivity index (χ1) is 10.7. The Hall–Kier alpha value is -1.72. The van der Waals surface area contributed by atoms with E-state index in [4.69, 9.17) is 4.74 Å². The molecule has 0 spiro atoms. The minimum absolute atomic E-state index is 0.108. The van der Waals surface area contributed by atoms with Crippen LogP contribution >= 0.6 is 0 Å². The van der Waals surface area contributed by atoms with Crippen molar-refractivity contribution in [1.29, 1.82) is 0 Å². The average molecular weight is 300 g/mol. The summed E-state index contributed by atoms with van der Waals surface area (Å²) in [6.45, 7) is 4.27. The Morgan fingerprint density at radius 2 is 1.91 bits per heavy atom. The van der Waals surface area contributed by atoms with Gasteiger partial charge in [0.2, 0.25) is 5.91 Å². The SMILES string of the molecule is O=C1CCC2(CN3CCOCC3)C(=O)c3ccccc3CN12. The van der Waals surface area contributed by atoms with Gasteiger partial charge in [-0.15, -0.1) is 0 Å². The van der Waals surface area contributed by atoms with Crippen LogP contribution < -0.4 is 0 Å². The van der Waals surface area contributed by atoms with E-state index >= 15 is 0 Å². The minimum Gasteiger partial charge on any atom is -0.379 e. The normalized spacial score (nSPS) is 28.6. The highest BCUT2D eigenvalue weighted by Crippen LogP contribution is 2.40. The summed E-state index contributed by atoms with van der Waals surface area (Å²) >= 11 is 0. The first-order valence-electron chi connectivity index (χ1n) is 7.94. The van der Waals surface area contributed by atoms with E-state index in [1.165, 1.54) is 0 Å². The largest absolute Gasteiger partial charge is 0.379 e. The molecule has 0 aliphatic carbocycles. The molecule has 0 radical (unpaired) electrons. The standard InChI is InChI=1S/C17H20N2O3/c20-15-5-6-17(12-18-7-9-22-10-8-18)16(21)14-4-2-1-3-13(14)11-19(15)17/h1-4H,5-12H2. The average Bonchev–Trinajstić information content (AvgIpc) is 2.87. The van der Waals surface area contributed by atoms with Crippen LogP contribution in [0.4, 0.5) is 0 Å². The maximum absolute atomic E-state index is 13.2. The van der Waals surface area contributed by atoms with Gasteiger partial charge in [0.25, 0.3) is 0 Å². The van der Waals surface area contributed by atoms with Crippen LogP contribution in [-0.4, -0.2) is 59.9 Å². The summed E-state index contributed by atoms with van der Waals surface area (Å²) in [5.74, 6) is 0.225. The zero-order chi connectivity index (χ0) is 15.2. The van der Waals surface area contributed by atoms with E-state index in [1.54, 1.807) is 0 Å². The molecule has 1 aromatic rings. The van der Waals surface area contributed by atoms with Crippen molar-refractivity contribution in [2.24, 2.45) is 0 Å². The highest BCUT2D eigenvalue weighted by atomic mass is 16.5. The van der Waals surface area contributed by atoms with Crippen molar-refractivity contribution < 1.29 is 14.3 Å². The maximum atomic E-state index is 13.2. The molecule has 1 unspecified atom stereocenters. The van der Waals surface area contributed by atoms with E-state index in [-0.39, 0.29) is 11.7 Å². The van der Waals surface area contributed by atoms with E-state index < -0.39 is 5.54 Å². The lowest BCUT2D eigenvalue weighted by Crippen LogP contribution is -2.61. The fraction of sp³-hybridized carbons (Fsp3) is 0.529. The lowest BCUT2D eigenvalue weighted by atomic mass is 9.81. The number of ketones is 1. The molecule has 3 heterocycles. The zero-order valence-corrected chi connectivity index (χ0v) is 12.6. The van der Waals surface area contributed by atoms with Crippen molar-refractivity contribution in [3.05, 3.63) is 35.4 Å². The molecular formula is C17H20N2O3. The van der Waals surface area contributed by atoms with Crippen molar-refractivity contribution in [2.75, 3.05) is 32.8 Å². The fourth-order valence-corrected chi connectivity index (χ4v) is 3.96. The Morgan fingerprint density at radius 3 is 2.73 bits per heavy atom. The molecular weight excluding hydrogens is 280 g/mol. The number of morpholine rings is 1. The van der Waals surface area contributed by atoms with Gasteiger partial charge in [-0.25, -0.2) is 0 Å². The Labute approximate surface area is 129 Å². The number of nitrogens with zero attached hydrogens (tertiary/aromatic N) is 2. The van der Waals surface area contributed by atoms with Gasteiger partial charge in [0, 0.05) is 38.2 Å². The lowest BCUT2D eigenvalue weighted by Gasteiger charge is -2.44. The first kappa shape index (κ1) is 13.9. The van der Waals surface area contributed by atoms with Crippen LogP contribution in [0.25, 0.3) is 0 Å². The molecule has 2 saturated heterocycles. The van der Waals surface area contributed by atoms with E-state index in [1.807, 2.05) is 29.2 Å². The van der Waals surface area contributed by atoms with Crippen LogP contribution in [0.15, 0.2) is 24.3 Å². The van der Waals surface area contributed by atoms with Gasteiger partial charge < -0.3 is 9.64 Å². The second-order valence-corrected chi connectivity index (χ2v) is 6.39. The number of carbonyl (C=O) groups excluding carboxylic acids is 2. The van der Waals surface area contributed by atoms with Crippen molar-refractivity contribution in [1.82, 2.24) is 9.80 Å². The van der Waals surface area contributed by atoms with Gasteiger partial charge in [0.1, 0.15) is 5.54 Å². The molecule has 0 aromatic heterocycles. The summed E-state index contributed by atoms with van der Waals surface area (Å²) in [7, 11) is 0. The van der Waals surface area contributed by atoms with Gasteiger partial charge in [-0.2, -0.15) is 0 Å². The van der Waals surface area contributed by atoms with Gasteiger partial charge in [0.05, 0.1) is 13.2 Å². The van der Waals surface area contributed by atoms with Gasteiger partial charge in [-0.05, 0) is 12.0 Å². The minimum atomic E-state index is -0.664. The van der Waals surface area contributed by atoms with Crippen molar-refractivity contribution in [3.8, 4) is 0 Å². The molecule has 1 atom stereocenters. The third-order valence-corrected chi connectivity index (χ3v) is 5.17. The number of Topliss-reactive ketones (excluding diaryl/α,β-unsaturated/α-hetero) is 1. The number of rotatable bonds is 2. The molecule has 3 aliphatic rings. The first-order valence-corrected chi connectivity index (χ1v) is 7.94. The molecule has 0 N–H and O–H groups in total. The number of hydrogen-bond donors (Lipinski definition) is 0. The Kier molecular flexibility index (Phi) is 3.27. The molecule has 116 valence electrons. The van der Waals surface area contributed by atoms with Crippen LogP contribution in [0, 0.1) is 0 Å². The molecule has 0 bridgehead atoms. The Bertz CT molecular complexity index is 624. The van der Waals surface area contributed by atoms with E-state index in [9.17, 15) is 9.59 Å². The van der Waals surface area contributed by atoms with E-state index in [0.29, 0.717) is 39.1 Å². The monoisotopic (exact) mass is 300 g/mol. The van der Waals surface area contributed by atoms with Crippen LogP contribution in [0.1, 0.15) is 28.8 Å². The van der Waals surface area contributed by atoms with Crippen LogP contribution in [0.2, 0.25) is 0 Å². The van der Waals surface area contributed by atoms with Gasteiger partial charge >= 0.3 is 0 Å². The van der Waals surface area contributed by atoms with Gasteiger partial charge in [0.15, 0.2) is 5.78 Å². The van der Waals surface area contributed by atoms with Crippen molar-refractivity contribution in [3.63, 3.8) is 0 Å². The molecule has 4 rings (SSSR count). The highest BCUT2D eigenvalue weighted by Gasteiger charge is 2.54. The van der Waals surface area contributed by atoms with Crippen LogP contribution in [0.5, 0.6) is 0 Å². The van der Waals surface area contributed by atoms with Gasteiger partial charge in [-0.1, -0.05) is 24.3 Å². The van der Waals surface area contributed by atoms with E-state index in [2.05, 4.69) is 4.90 Å². The maximum Gasteiger partial charge on any atom is 0.223 e. The highest BCUT2D eigenvalue weighted by molar-refractivity contribution is 6.09. The summed E-state index contributed by atoms with van der Waals surface area (Å²) in [6.07, 6.45) is 1.11. The number of carbonyl (C=O) groups is 2. The number of amides is 1. The topological polar surface area (TPSA) is 49.9 Å². The number of hydrogen-bond acceptors (Lipinski definition) is 4. The molecule has 5 nitrogen and oxygen atoms in total. The molecule has 5 heteroatoms. The van der Waals surface area contributed by atoms with Crippen LogP contribution in [0.3, 0.4) is 0 Å². The Balaban J connectivity index is 1.71. The van der Waals surface area contributed by atoms with Crippen molar-refractivity contribution in [2.45, 2.75) is 24.9 Å². The summed E-state index contributed by atoms with van der Waals surface area (Å²) < 4.78 is 5.39. The second kappa shape index (κ2) is 5.18. The third-order valence-electron chi connectivity index (χ3n) is 5.17. The zero-order valence-electron chi connectivity index (χ0n) is 12.6. The predicted molar refractivity (Wildman–Crippen MR) is 80.5 cm³/mol. The lowest BCUT2D eigenvalue weighted by molar-refractivity contribution is -0.132. The third kappa shape index (κ3) is 2.00. The summed E-state index contributed by atoms with van der Waals surface area (Å²) in [5, 5.41) is 0. The van der Waals surface area contributed by atoms with Gasteiger partial charge in [-0.3, -0.25) is 14.5 Å². The van der Waals surface area contributed by atoms with Crippen LogP contribution in [-0.2, 0) is 16.1 Å². The number of fused-ring (bicyclic) bond motifs is 2. The molecule has 0 saturated carbocycles. The predicted octanol–water partition coefficient (Wildman–Crippen LogP) is 1.08. The molecule has 2 fully saturated rings. The summed E-state index contributed by atoms with van der Waals surface area (Å²) in [4.78, 5) is 29.6.